The smallest absolute Gasteiger partial charge is 0.257 e. The third kappa shape index (κ3) is 2.42. The molecule has 1 heterocycles. The molecule has 1 aliphatic rings. The van der Waals surface area contributed by atoms with Gasteiger partial charge >= 0.3 is 0 Å². The van der Waals surface area contributed by atoms with Crippen molar-refractivity contribution in [1.29, 1.82) is 0 Å². The highest BCUT2D eigenvalue weighted by molar-refractivity contribution is 6.31. The molecule has 0 bridgehead atoms. The van der Waals surface area contributed by atoms with E-state index >= 15 is 0 Å². The van der Waals surface area contributed by atoms with Crippen LogP contribution in [0.25, 0.3) is 0 Å². The highest BCUT2D eigenvalue weighted by atomic mass is 35.5. The normalized spacial score (nSPS) is 15.6. The highest BCUT2D eigenvalue weighted by Crippen LogP contribution is 2.29. The molecule has 1 aliphatic heterocycles. The number of rotatable bonds is 2. The molecule has 98 valence electrons. The summed E-state index contributed by atoms with van der Waals surface area (Å²) in [6.45, 7) is 1.97. The SMILES string of the molecule is COc1c(C(=O)N2CCOCC2)ccc(Cl)c1F. The Bertz CT molecular complexity index is 461. The van der Waals surface area contributed by atoms with Crippen LogP contribution in [0.2, 0.25) is 5.02 Å². The molecule has 0 spiro atoms. The lowest BCUT2D eigenvalue weighted by molar-refractivity contribution is 0.0300. The number of carbonyl (C=O) groups excluding carboxylic acids is 1. The van der Waals surface area contributed by atoms with Gasteiger partial charge in [0.2, 0.25) is 0 Å². The van der Waals surface area contributed by atoms with Gasteiger partial charge in [0, 0.05) is 13.1 Å². The largest absolute Gasteiger partial charge is 0.493 e. The van der Waals surface area contributed by atoms with E-state index < -0.39 is 5.82 Å². The maximum atomic E-state index is 13.7. The first-order valence-electron chi connectivity index (χ1n) is 5.54. The molecule has 1 saturated heterocycles. The molecule has 4 nitrogen and oxygen atoms in total. The van der Waals surface area contributed by atoms with Crippen LogP contribution in [-0.2, 0) is 4.74 Å². The first-order chi connectivity index (χ1) is 8.65. The van der Waals surface area contributed by atoms with Crippen molar-refractivity contribution in [3.05, 3.63) is 28.5 Å². The lowest BCUT2D eigenvalue weighted by atomic mass is 10.1. The summed E-state index contributed by atoms with van der Waals surface area (Å²) < 4.78 is 23.8. The quantitative estimate of drug-likeness (QED) is 0.827. The van der Waals surface area contributed by atoms with Gasteiger partial charge in [-0.15, -0.1) is 0 Å². The Balaban J connectivity index is 2.32. The van der Waals surface area contributed by atoms with Gasteiger partial charge in [-0.3, -0.25) is 4.79 Å². The van der Waals surface area contributed by atoms with Crippen LogP contribution in [0.1, 0.15) is 10.4 Å². The van der Waals surface area contributed by atoms with E-state index in [0.29, 0.717) is 26.3 Å². The number of benzene rings is 1. The fourth-order valence-electron chi connectivity index (χ4n) is 1.84. The van der Waals surface area contributed by atoms with Crippen molar-refractivity contribution in [2.24, 2.45) is 0 Å². The third-order valence-electron chi connectivity index (χ3n) is 2.78. The Kier molecular flexibility index (Phi) is 4.04. The molecule has 0 unspecified atom stereocenters. The zero-order chi connectivity index (χ0) is 13.1. The van der Waals surface area contributed by atoms with Gasteiger partial charge in [0.25, 0.3) is 5.91 Å². The van der Waals surface area contributed by atoms with Crippen LogP contribution < -0.4 is 4.74 Å². The molecular formula is C12H13ClFNO3. The van der Waals surface area contributed by atoms with E-state index in [1.165, 1.54) is 19.2 Å². The molecule has 0 radical (unpaired) electrons. The minimum absolute atomic E-state index is 0.0645. The minimum atomic E-state index is -0.710. The van der Waals surface area contributed by atoms with Crippen molar-refractivity contribution in [3.63, 3.8) is 0 Å². The number of methoxy groups -OCH3 is 1. The summed E-state index contributed by atoms with van der Waals surface area (Å²) in [6, 6.07) is 2.83. The zero-order valence-electron chi connectivity index (χ0n) is 9.91. The summed E-state index contributed by atoms with van der Waals surface area (Å²) in [7, 11) is 1.31. The zero-order valence-corrected chi connectivity index (χ0v) is 10.7. The number of morpholine rings is 1. The molecule has 6 heteroatoms. The molecule has 1 amide bonds. The van der Waals surface area contributed by atoms with Crippen LogP contribution in [0.3, 0.4) is 0 Å². The predicted octanol–water partition coefficient (Wildman–Crippen LogP) is 1.96. The molecule has 0 saturated carbocycles. The molecule has 0 atom stereocenters. The first-order valence-corrected chi connectivity index (χ1v) is 5.92. The lowest BCUT2D eigenvalue weighted by Crippen LogP contribution is -2.40. The number of ether oxygens (including phenoxy) is 2. The van der Waals surface area contributed by atoms with Crippen molar-refractivity contribution in [2.75, 3.05) is 33.4 Å². The van der Waals surface area contributed by atoms with Gasteiger partial charge in [-0.25, -0.2) is 4.39 Å². The molecular weight excluding hydrogens is 261 g/mol. The lowest BCUT2D eigenvalue weighted by Gasteiger charge is -2.27. The maximum absolute atomic E-state index is 13.7. The average molecular weight is 274 g/mol. The summed E-state index contributed by atoms with van der Waals surface area (Å²) in [5.41, 5.74) is 0.182. The number of carbonyl (C=O) groups is 1. The van der Waals surface area contributed by atoms with Crippen LogP contribution in [-0.4, -0.2) is 44.2 Å². The second kappa shape index (κ2) is 5.54. The molecule has 1 aromatic rings. The topological polar surface area (TPSA) is 38.8 Å². The Hall–Kier alpha value is -1.33. The van der Waals surface area contributed by atoms with E-state index in [0.717, 1.165) is 0 Å². The molecule has 1 fully saturated rings. The van der Waals surface area contributed by atoms with Gasteiger partial charge in [0.1, 0.15) is 0 Å². The molecule has 0 aromatic heterocycles. The Morgan fingerprint density at radius 2 is 2.11 bits per heavy atom. The van der Waals surface area contributed by atoms with E-state index in [9.17, 15) is 9.18 Å². The molecule has 1 aromatic carbocycles. The van der Waals surface area contributed by atoms with Crippen LogP contribution >= 0.6 is 11.6 Å². The number of halogens is 2. The fraction of sp³-hybridized carbons (Fsp3) is 0.417. The van der Waals surface area contributed by atoms with Crippen molar-refractivity contribution < 1.29 is 18.7 Å². The van der Waals surface area contributed by atoms with Crippen molar-refractivity contribution in [2.45, 2.75) is 0 Å². The van der Waals surface area contributed by atoms with E-state index in [4.69, 9.17) is 21.1 Å². The Morgan fingerprint density at radius 1 is 1.44 bits per heavy atom. The van der Waals surface area contributed by atoms with Crippen LogP contribution in [0.15, 0.2) is 12.1 Å². The summed E-state index contributed by atoms with van der Waals surface area (Å²) in [5, 5.41) is -0.0645. The third-order valence-corrected chi connectivity index (χ3v) is 3.07. The summed E-state index contributed by atoms with van der Waals surface area (Å²) in [6.07, 6.45) is 0. The summed E-state index contributed by atoms with van der Waals surface area (Å²) in [5.74, 6) is -1.09. The van der Waals surface area contributed by atoms with Gasteiger partial charge in [-0.2, -0.15) is 0 Å². The molecule has 0 N–H and O–H groups in total. The first kappa shape index (κ1) is 13.1. The van der Waals surface area contributed by atoms with Crippen LogP contribution in [0, 0.1) is 5.82 Å². The van der Waals surface area contributed by atoms with Gasteiger partial charge in [0.05, 0.1) is 30.9 Å². The van der Waals surface area contributed by atoms with E-state index in [1.807, 2.05) is 0 Å². The predicted molar refractivity (Wildman–Crippen MR) is 64.7 cm³/mol. The summed E-state index contributed by atoms with van der Waals surface area (Å²) >= 11 is 5.66. The number of nitrogens with zero attached hydrogens (tertiary/aromatic N) is 1. The van der Waals surface area contributed by atoms with E-state index in [1.54, 1.807) is 4.90 Å². The minimum Gasteiger partial charge on any atom is -0.493 e. The van der Waals surface area contributed by atoms with E-state index in [-0.39, 0.29) is 22.2 Å². The Labute approximate surface area is 109 Å². The molecule has 0 aliphatic carbocycles. The fourth-order valence-corrected chi connectivity index (χ4v) is 1.99. The van der Waals surface area contributed by atoms with Crippen LogP contribution in [0.5, 0.6) is 5.75 Å². The standard InChI is InChI=1S/C12H13ClFNO3/c1-17-11-8(2-3-9(13)10(11)14)12(16)15-4-6-18-7-5-15/h2-3H,4-7H2,1H3. The maximum Gasteiger partial charge on any atom is 0.257 e. The van der Waals surface area contributed by atoms with Crippen molar-refractivity contribution >= 4 is 17.5 Å². The number of amides is 1. The van der Waals surface area contributed by atoms with Crippen LogP contribution in [0.4, 0.5) is 4.39 Å². The van der Waals surface area contributed by atoms with Gasteiger partial charge in [0.15, 0.2) is 11.6 Å². The van der Waals surface area contributed by atoms with Crippen molar-refractivity contribution in [3.8, 4) is 5.75 Å². The second-order valence-electron chi connectivity index (χ2n) is 3.85. The van der Waals surface area contributed by atoms with Crippen molar-refractivity contribution in [1.82, 2.24) is 4.90 Å². The molecule has 2 rings (SSSR count). The average Bonchev–Trinajstić information content (AvgIpc) is 2.42. The van der Waals surface area contributed by atoms with Gasteiger partial charge < -0.3 is 14.4 Å². The Morgan fingerprint density at radius 3 is 2.72 bits per heavy atom. The van der Waals surface area contributed by atoms with E-state index in [2.05, 4.69) is 0 Å². The monoisotopic (exact) mass is 273 g/mol. The van der Waals surface area contributed by atoms with Gasteiger partial charge in [-0.05, 0) is 12.1 Å². The van der Waals surface area contributed by atoms with Gasteiger partial charge in [-0.1, -0.05) is 11.6 Å². The number of hydrogen-bond donors (Lipinski definition) is 0. The number of hydrogen-bond acceptors (Lipinski definition) is 3. The summed E-state index contributed by atoms with van der Waals surface area (Å²) in [4.78, 5) is 13.8. The highest BCUT2D eigenvalue weighted by Gasteiger charge is 2.24. The molecule has 18 heavy (non-hydrogen) atoms. The second-order valence-corrected chi connectivity index (χ2v) is 4.25.